The maximum atomic E-state index is 12.9. The van der Waals surface area contributed by atoms with Crippen LogP contribution in [0, 0.1) is 0 Å². The number of carbonyl (C=O) groups is 3. The number of anilines is 1. The number of carbonyl (C=O) groups excluding carboxylic acids is 3. The second-order valence-corrected chi connectivity index (χ2v) is 9.65. The Hall–Kier alpha value is -2.91. The smallest absolute Gasteiger partial charge is 0.334 e. The van der Waals surface area contributed by atoms with E-state index >= 15 is 0 Å². The van der Waals surface area contributed by atoms with E-state index in [2.05, 4.69) is 10.3 Å². The summed E-state index contributed by atoms with van der Waals surface area (Å²) in [6, 6.07) is 14.7. The fourth-order valence-corrected chi connectivity index (χ4v) is 5.74. The molecule has 0 bridgehead atoms. The van der Waals surface area contributed by atoms with E-state index in [1.807, 2.05) is 41.3 Å². The molecule has 0 aliphatic carbocycles. The third-order valence-corrected chi connectivity index (χ3v) is 7.44. The minimum atomic E-state index is -0.415. The Balaban J connectivity index is 1.25. The molecule has 0 radical (unpaired) electrons. The standard InChI is InChI=1S/C22H19N3O4S2/c26-19-18(31-22(28)24-19)12-13-7-9-14(10-8-13)29-20(27)16-5-3-11-25(16)21-23-15-4-1-2-6-17(15)30-21/h1-2,4,6-10,16,18H,3,5,11-12H2,(H,24,26,28)/t16-,18?/m0/s1. The first-order valence-electron chi connectivity index (χ1n) is 10.0. The van der Waals surface area contributed by atoms with Crippen molar-refractivity contribution in [3.05, 3.63) is 54.1 Å². The molecule has 31 heavy (non-hydrogen) atoms. The normalized spacial score (nSPS) is 21.0. The molecule has 1 N–H and O–H groups in total. The number of nitrogens with one attached hydrogen (secondary N) is 1. The lowest BCUT2D eigenvalue weighted by atomic mass is 10.1. The van der Waals surface area contributed by atoms with Crippen LogP contribution >= 0.6 is 23.1 Å². The first-order chi connectivity index (χ1) is 15.1. The number of thiazole rings is 1. The van der Waals surface area contributed by atoms with E-state index in [9.17, 15) is 14.4 Å². The Morgan fingerprint density at radius 1 is 1.16 bits per heavy atom. The Kier molecular flexibility index (Phi) is 5.37. The molecule has 0 spiro atoms. The number of thioether (sulfide) groups is 1. The van der Waals surface area contributed by atoms with Crippen LogP contribution in [0.2, 0.25) is 0 Å². The molecule has 2 aliphatic heterocycles. The number of imide groups is 1. The molecule has 2 saturated heterocycles. The van der Waals surface area contributed by atoms with Crippen molar-refractivity contribution in [1.82, 2.24) is 10.3 Å². The van der Waals surface area contributed by atoms with E-state index in [1.54, 1.807) is 23.5 Å². The SMILES string of the molecule is O=C1NC(=O)C(Cc2ccc(OC(=O)[C@@H]3CCCN3c3nc4ccccc4s3)cc2)S1. The summed E-state index contributed by atoms with van der Waals surface area (Å²) in [4.78, 5) is 42.6. The number of para-hydroxylation sites is 1. The molecule has 2 aromatic carbocycles. The van der Waals surface area contributed by atoms with Gasteiger partial charge in [0.2, 0.25) is 5.91 Å². The fraction of sp³-hybridized carbons (Fsp3) is 0.273. The minimum absolute atomic E-state index is 0.262. The number of nitrogens with zero attached hydrogens (tertiary/aromatic N) is 2. The van der Waals surface area contributed by atoms with Gasteiger partial charge in [-0.1, -0.05) is 47.4 Å². The highest BCUT2D eigenvalue weighted by molar-refractivity contribution is 8.15. The molecule has 7 nitrogen and oxygen atoms in total. The predicted molar refractivity (Wildman–Crippen MR) is 121 cm³/mol. The molecule has 2 amide bonds. The minimum Gasteiger partial charge on any atom is -0.425 e. The van der Waals surface area contributed by atoms with Crippen LogP contribution in [0.4, 0.5) is 9.93 Å². The average molecular weight is 454 g/mol. The Morgan fingerprint density at radius 2 is 1.97 bits per heavy atom. The van der Waals surface area contributed by atoms with Crippen LogP contribution in [-0.2, 0) is 16.0 Å². The van der Waals surface area contributed by atoms with Crippen molar-refractivity contribution in [2.24, 2.45) is 0 Å². The van der Waals surface area contributed by atoms with E-state index < -0.39 is 5.25 Å². The molecule has 9 heteroatoms. The van der Waals surface area contributed by atoms with Gasteiger partial charge >= 0.3 is 5.97 Å². The number of fused-ring (bicyclic) bond motifs is 1. The van der Waals surface area contributed by atoms with Crippen molar-refractivity contribution in [3.63, 3.8) is 0 Å². The van der Waals surface area contributed by atoms with Crippen molar-refractivity contribution < 1.29 is 19.1 Å². The van der Waals surface area contributed by atoms with Crippen molar-refractivity contribution in [3.8, 4) is 5.75 Å². The topological polar surface area (TPSA) is 88.6 Å². The first kappa shape index (κ1) is 20.0. The van der Waals surface area contributed by atoms with Crippen LogP contribution in [0.5, 0.6) is 5.75 Å². The van der Waals surface area contributed by atoms with Gasteiger partial charge in [-0.05, 0) is 49.1 Å². The number of aromatic nitrogens is 1. The van der Waals surface area contributed by atoms with Gasteiger partial charge in [0.15, 0.2) is 5.13 Å². The average Bonchev–Trinajstić information content (AvgIpc) is 3.47. The Morgan fingerprint density at radius 3 is 2.71 bits per heavy atom. The largest absolute Gasteiger partial charge is 0.425 e. The summed E-state index contributed by atoms with van der Waals surface area (Å²) in [7, 11) is 0. The predicted octanol–water partition coefficient (Wildman–Crippen LogP) is 3.76. The summed E-state index contributed by atoms with van der Waals surface area (Å²) in [5.74, 6) is -0.0907. The highest BCUT2D eigenvalue weighted by Gasteiger charge is 2.34. The molecule has 3 heterocycles. The fourth-order valence-electron chi connectivity index (χ4n) is 3.84. The Labute approximate surface area is 186 Å². The van der Waals surface area contributed by atoms with E-state index in [1.165, 1.54) is 0 Å². The van der Waals surface area contributed by atoms with Gasteiger partial charge in [0, 0.05) is 6.54 Å². The van der Waals surface area contributed by atoms with Gasteiger partial charge < -0.3 is 9.64 Å². The number of hydrogen-bond donors (Lipinski definition) is 1. The van der Waals surface area contributed by atoms with Crippen molar-refractivity contribution in [2.75, 3.05) is 11.4 Å². The molecule has 0 saturated carbocycles. The maximum Gasteiger partial charge on any atom is 0.334 e. The van der Waals surface area contributed by atoms with Crippen LogP contribution < -0.4 is 15.0 Å². The number of amides is 2. The molecular formula is C22H19N3O4S2. The van der Waals surface area contributed by atoms with Crippen molar-refractivity contribution in [1.29, 1.82) is 0 Å². The number of hydrogen-bond acceptors (Lipinski definition) is 8. The van der Waals surface area contributed by atoms with E-state index in [0.717, 1.165) is 52.1 Å². The lowest BCUT2D eigenvalue weighted by Crippen LogP contribution is -2.38. The van der Waals surface area contributed by atoms with Crippen LogP contribution in [0.25, 0.3) is 10.2 Å². The van der Waals surface area contributed by atoms with Gasteiger partial charge in [-0.2, -0.15) is 0 Å². The monoisotopic (exact) mass is 453 g/mol. The van der Waals surface area contributed by atoms with Gasteiger partial charge in [-0.25, -0.2) is 9.78 Å². The molecule has 158 valence electrons. The van der Waals surface area contributed by atoms with Gasteiger partial charge in [0.05, 0.1) is 15.5 Å². The number of ether oxygens (including phenoxy) is 1. The zero-order chi connectivity index (χ0) is 21.4. The summed E-state index contributed by atoms with van der Waals surface area (Å²) in [6.07, 6.45) is 2.09. The number of benzene rings is 2. The van der Waals surface area contributed by atoms with Crippen LogP contribution in [-0.4, -0.2) is 39.9 Å². The quantitative estimate of drug-likeness (QED) is 0.465. The van der Waals surface area contributed by atoms with Crippen molar-refractivity contribution >= 4 is 55.6 Å². The van der Waals surface area contributed by atoms with E-state index in [-0.39, 0.29) is 23.2 Å². The lowest BCUT2D eigenvalue weighted by Gasteiger charge is -2.22. The first-order valence-corrected chi connectivity index (χ1v) is 11.7. The summed E-state index contributed by atoms with van der Waals surface area (Å²) in [5, 5.41) is 2.41. The van der Waals surface area contributed by atoms with Crippen LogP contribution in [0.3, 0.4) is 0 Å². The van der Waals surface area contributed by atoms with E-state index in [4.69, 9.17) is 4.74 Å². The number of rotatable bonds is 5. The van der Waals surface area contributed by atoms with E-state index in [0.29, 0.717) is 12.2 Å². The molecule has 2 atom stereocenters. The molecule has 1 aromatic heterocycles. The van der Waals surface area contributed by atoms with Gasteiger partial charge in [-0.15, -0.1) is 0 Å². The second-order valence-electron chi connectivity index (χ2n) is 7.47. The van der Waals surface area contributed by atoms with Crippen molar-refractivity contribution in [2.45, 2.75) is 30.6 Å². The third-order valence-electron chi connectivity index (χ3n) is 5.38. The third kappa shape index (κ3) is 4.15. The molecule has 3 aromatic rings. The summed E-state index contributed by atoms with van der Waals surface area (Å²) in [6.45, 7) is 0.776. The molecular weight excluding hydrogens is 434 g/mol. The molecule has 5 rings (SSSR count). The zero-order valence-corrected chi connectivity index (χ0v) is 18.1. The molecule has 2 fully saturated rings. The summed E-state index contributed by atoms with van der Waals surface area (Å²) < 4.78 is 6.74. The highest BCUT2D eigenvalue weighted by atomic mass is 32.2. The highest BCUT2D eigenvalue weighted by Crippen LogP contribution is 2.34. The Bertz CT molecular complexity index is 1130. The maximum absolute atomic E-state index is 12.9. The second kappa shape index (κ2) is 8.32. The van der Waals surface area contributed by atoms with Crippen LogP contribution in [0.15, 0.2) is 48.5 Å². The summed E-state index contributed by atoms with van der Waals surface area (Å²) >= 11 is 2.59. The molecule has 2 aliphatic rings. The van der Waals surface area contributed by atoms with Gasteiger partial charge in [-0.3, -0.25) is 14.9 Å². The van der Waals surface area contributed by atoms with Gasteiger partial charge in [0.1, 0.15) is 11.8 Å². The zero-order valence-electron chi connectivity index (χ0n) is 16.4. The number of esters is 1. The lowest BCUT2D eigenvalue weighted by molar-refractivity contribution is -0.135. The van der Waals surface area contributed by atoms with Gasteiger partial charge in [0.25, 0.3) is 5.24 Å². The van der Waals surface area contributed by atoms with Crippen LogP contribution in [0.1, 0.15) is 18.4 Å². The molecule has 1 unspecified atom stereocenters. The summed E-state index contributed by atoms with van der Waals surface area (Å²) in [5.41, 5.74) is 1.84.